The second kappa shape index (κ2) is 9.57. The number of esters is 1. The fourth-order valence-electron chi connectivity index (χ4n) is 3.95. The van der Waals surface area contributed by atoms with Crippen molar-refractivity contribution in [3.8, 4) is 11.1 Å². The Morgan fingerprint density at radius 2 is 2.00 bits per heavy atom. The van der Waals surface area contributed by atoms with Gasteiger partial charge in [0.2, 0.25) is 0 Å². The predicted octanol–water partition coefficient (Wildman–Crippen LogP) is 3.06. The largest absolute Gasteiger partial charge is 0.466 e. The molecule has 0 atom stereocenters. The van der Waals surface area contributed by atoms with Crippen molar-refractivity contribution in [1.82, 2.24) is 9.88 Å². The standard InChI is InChI=1S/C22H27N3O4S/c1-2-29-22(27)16-5-8-24(9-6-16)20(26)19-14-18(17-4-3-7-23-15-17)21(30-19)25-10-12-28-13-11-25/h3-4,7,14-16H,2,5-6,8-13H2,1H3. The Bertz CT molecular complexity index is 872. The maximum atomic E-state index is 13.2. The molecule has 0 spiro atoms. The van der Waals surface area contributed by atoms with Crippen LogP contribution in [-0.4, -0.2) is 67.8 Å². The lowest BCUT2D eigenvalue weighted by molar-refractivity contribution is -0.149. The van der Waals surface area contributed by atoms with Gasteiger partial charge in [0.05, 0.1) is 35.6 Å². The summed E-state index contributed by atoms with van der Waals surface area (Å²) in [6.07, 6.45) is 4.90. The van der Waals surface area contributed by atoms with E-state index in [1.54, 1.807) is 6.20 Å². The van der Waals surface area contributed by atoms with Gasteiger partial charge < -0.3 is 19.3 Å². The molecule has 0 saturated carbocycles. The fraction of sp³-hybridized carbons (Fsp3) is 0.500. The van der Waals surface area contributed by atoms with Gasteiger partial charge in [-0.05, 0) is 31.9 Å². The number of aromatic nitrogens is 1. The molecule has 1 amide bonds. The Morgan fingerprint density at radius 3 is 2.67 bits per heavy atom. The van der Waals surface area contributed by atoms with Crippen LogP contribution < -0.4 is 4.90 Å². The average Bonchev–Trinajstić information content (AvgIpc) is 3.25. The Labute approximate surface area is 180 Å². The Balaban J connectivity index is 1.53. The number of hydrogen-bond donors (Lipinski definition) is 0. The summed E-state index contributed by atoms with van der Waals surface area (Å²) >= 11 is 1.54. The number of likely N-dealkylation sites (tertiary alicyclic amines) is 1. The summed E-state index contributed by atoms with van der Waals surface area (Å²) in [5.41, 5.74) is 2.05. The van der Waals surface area contributed by atoms with Crippen molar-refractivity contribution in [2.24, 2.45) is 5.92 Å². The van der Waals surface area contributed by atoms with Crippen LogP contribution >= 0.6 is 11.3 Å². The van der Waals surface area contributed by atoms with Crippen LogP contribution in [0.1, 0.15) is 29.4 Å². The number of carbonyl (C=O) groups is 2. The molecule has 2 aliphatic rings. The third-order valence-corrected chi connectivity index (χ3v) is 6.78. The highest BCUT2D eigenvalue weighted by Crippen LogP contribution is 2.40. The van der Waals surface area contributed by atoms with E-state index in [0.29, 0.717) is 45.8 Å². The lowest BCUT2D eigenvalue weighted by Crippen LogP contribution is -2.40. The van der Waals surface area contributed by atoms with Crippen LogP contribution in [0.3, 0.4) is 0 Å². The minimum absolute atomic E-state index is 0.0342. The molecular formula is C22H27N3O4S. The molecule has 0 bridgehead atoms. The number of anilines is 1. The molecular weight excluding hydrogens is 402 g/mol. The third-order valence-electron chi connectivity index (χ3n) is 5.60. The highest BCUT2D eigenvalue weighted by atomic mass is 32.1. The molecule has 2 aromatic rings. The number of hydrogen-bond acceptors (Lipinski definition) is 7. The first-order chi connectivity index (χ1) is 14.7. The quantitative estimate of drug-likeness (QED) is 0.681. The number of amides is 1. The Morgan fingerprint density at radius 1 is 1.23 bits per heavy atom. The molecule has 2 fully saturated rings. The lowest BCUT2D eigenvalue weighted by atomic mass is 9.97. The maximum absolute atomic E-state index is 13.2. The first kappa shape index (κ1) is 20.8. The van der Waals surface area contributed by atoms with Crippen molar-refractivity contribution in [1.29, 1.82) is 0 Å². The molecule has 8 heteroatoms. The van der Waals surface area contributed by atoms with Crippen molar-refractivity contribution in [3.63, 3.8) is 0 Å². The van der Waals surface area contributed by atoms with Gasteiger partial charge in [0, 0.05) is 49.7 Å². The van der Waals surface area contributed by atoms with Crippen LogP contribution in [0.4, 0.5) is 5.00 Å². The summed E-state index contributed by atoms with van der Waals surface area (Å²) in [5.74, 6) is -0.214. The van der Waals surface area contributed by atoms with Gasteiger partial charge in [-0.3, -0.25) is 14.6 Å². The molecule has 30 heavy (non-hydrogen) atoms. The van der Waals surface area contributed by atoms with Crippen LogP contribution in [0.2, 0.25) is 0 Å². The number of ether oxygens (including phenoxy) is 2. The van der Waals surface area contributed by atoms with E-state index in [1.807, 2.05) is 36.2 Å². The molecule has 0 unspecified atom stereocenters. The zero-order chi connectivity index (χ0) is 20.9. The van der Waals surface area contributed by atoms with Crippen LogP contribution in [0.25, 0.3) is 11.1 Å². The zero-order valence-electron chi connectivity index (χ0n) is 17.2. The SMILES string of the molecule is CCOC(=O)C1CCN(C(=O)c2cc(-c3cccnc3)c(N3CCOCC3)s2)CC1. The smallest absolute Gasteiger partial charge is 0.309 e. The molecule has 0 radical (unpaired) electrons. The molecule has 4 heterocycles. The normalized spacial score (nSPS) is 17.8. The second-order valence-electron chi connectivity index (χ2n) is 7.49. The van der Waals surface area contributed by atoms with Crippen molar-refractivity contribution < 1.29 is 19.1 Å². The Kier molecular flexibility index (Phi) is 6.64. The van der Waals surface area contributed by atoms with Crippen molar-refractivity contribution >= 4 is 28.2 Å². The number of morpholine rings is 1. The number of carbonyl (C=O) groups excluding carboxylic acids is 2. The van der Waals surface area contributed by atoms with Crippen molar-refractivity contribution in [3.05, 3.63) is 35.5 Å². The average molecular weight is 430 g/mol. The molecule has 2 aliphatic heterocycles. The number of thiophene rings is 1. The minimum atomic E-state index is -0.144. The zero-order valence-corrected chi connectivity index (χ0v) is 18.0. The molecule has 0 aromatic carbocycles. The summed E-state index contributed by atoms with van der Waals surface area (Å²) in [6.45, 7) is 6.38. The highest BCUT2D eigenvalue weighted by molar-refractivity contribution is 7.18. The van der Waals surface area contributed by atoms with Gasteiger partial charge >= 0.3 is 5.97 Å². The molecule has 7 nitrogen and oxygen atoms in total. The second-order valence-corrected chi connectivity index (χ2v) is 8.52. The molecule has 2 saturated heterocycles. The molecule has 4 rings (SSSR count). The van der Waals surface area contributed by atoms with Gasteiger partial charge in [0.25, 0.3) is 5.91 Å². The Hall–Kier alpha value is -2.45. The molecule has 0 aliphatic carbocycles. The van der Waals surface area contributed by atoms with Gasteiger partial charge in [0.15, 0.2) is 0 Å². The van der Waals surface area contributed by atoms with E-state index >= 15 is 0 Å². The summed E-state index contributed by atoms with van der Waals surface area (Å²) in [5, 5.41) is 1.09. The van der Waals surface area contributed by atoms with E-state index in [-0.39, 0.29) is 17.8 Å². The van der Waals surface area contributed by atoms with E-state index in [4.69, 9.17) is 9.47 Å². The molecule has 160 valence electrons. The number of piperidine rings is 1. The monoisotopic (exact) mass is 429 g/mol. The van der Waals surface area contributed by atoms with E-state index in [9.17, 15) is 9.59 Å². The topological polar surface area (TPSA) is 72.0 Å². The van der Waals surface area contributed by atoms with Gasteiger partial charge in [-0.25, -0.2) is 0 Å². The highest BCUT2D eigenvalue weighted by Gasteiger charge is 2.30. The van der Waals surface area contributed by atoms with Gasteiger partial charge in [-0.15, -0.1) is 11.3 Å². The summed E-state index contributed by atoms with van der Waals surface area (Å²) in [4.78, 5) is 34.4. The first-order valence-corrected chi connectivity index (χ1v) is 11.3. The number of pyridine rings is 1. The molecule has 2 aromatic heterocycles. The van der Waals surface area contributed by atoms with Gasteiger partial charge in [-0.2, -0.15) is 0 Å². The van der Waals surface area contributed by atoms with E-state index in [2.05, 4.69) is 9.88 Å². The van der Waals surface area contributed by atoms with Crippen LogP contribution in [0.15, 0.2) is 30.6 Å². The third kappa shape index (κ3) is 4.49. The lowest BCUT2D eigenvalue weighted by Gasteiger charge is -2.30. The van der Waals surface area contributed by atoms with E-state index < -0.39 is 0 Å². The summed E-state index contributed by atoms with van der Waals surface area (Å²) in [7, 11) is 0. The van der Waals surface area contributed by atoms with E-state index in [1.165, 1.54) is 11.3 Å². The van der Waals surface area contributed by atoms with Gasteiger partial charge in [0.1, 0.15) is 0 Å². The molecule has 0 N–H and O–H groups in total. The first-order valence-electron chi connectivity index (χ1n) is 10.5. The summed E-state index contributed by atoms with van der Waals surface area (Å²) < 4.78 is 10.6. The number of rotatable bonds is 5. The fourth-order valence-corrected chi connectivity index (χ4v) is 5.15. The number of nitrogens with zero attached hydrogens (tertiary/aromatic N) is 3. The van der Waals surface area contributed by atoms with Gasteiger partial charge in [-0.1, -0.05) is 6.07 Å². The minimum Gasteiger partial charge on any atom is -0.466 e. The van der Waals surface area contributed by atoms with Crippen molar-refractivity contribution in [2.45, 2.75) is 19.8 Å². The van der Waals surface area contributed by atoms with Crippen LogP contribution in [0.5, 0.6) is 0 Å². The van der Waals surface area contributed by atoms with Crippen LogP contribution in [0, 0.1) is 5.92 Å². The summed E-state index contributed by atoms with van der Waals surface area (Å²) in [6, 6.07) is 5.93. The van der Waals surface area contributed by atoms with E-state index in [0.717, 1.165) is 34.1 Å². The van der Waals surface area contributed by atoms with Crippen molar-refractivity contribution in [2.75, 3.05) is 50.9 Å². The predicted molar refractivity (Wildman–Crippen MR) is 116 cm³/mol. The van der Waals surface area contributed by atoms with Crippen LogP contribution in [-0.2, 0) is 14.3 Å². The maximum Gasteiger partial charge on any atom is 0.309 e.